The third-order valence-corrected chi connectivity index (χ3v) is 8.40. The number of hydrazone groups is 1. The Balaban J connectivity index is 1.30. The molecule has 1 aromatic heterocycles. The molecule has 14 nitrogen and oxygen atoms in total. The first kappa shape index (κ1) is 27.1. The summed E-state index contributed by atoms with van der Waals surface area (Å²) in [5.41, 5.74) is 0.287. The summed E-state index contributed by atoms with van der Waals surface area (Å²) < 4.78 is 4.37. The number of hydrogen-bond acceptors (Lipinski definition) is 9. The van der Waals surface area contributed by atoms with Crippen molar-refractivity contribution in [2.24, 2.45) is 5.10 Å². The molecule has 2 aromatic rings. The van der Waals surface area contributed by atoms with Crippen molar-refractivity contribution in [3.05, 3.63) is 54.0 Å². The Labute approximate surface area is 232 Å². The molecule has 40 heavy (non-hydrogen) atoms. The normalized spacial score (nSPS) is 24.1. The van der Waals surface area contributed by atoms with Gasteiger partial charge in [0.15, 0.2) is 0 Å². The van der Waals surface area contributed by atoms with Crippen molar-refractivity contribution < 1.29 is 38.6 Å². The van der Waals surface area contributed by atoms with Gasteiger partial charge in [0.25, 0.3) is 0 Å². The second kappa shape index (κ2) is 10.2. The van der Waals surface area contributed by atoms with E-state index in [1.54, 1.807) is 26.0 Å². The van der Waals surface area contributed by atoms with Crippen molar-refractivity contribution >= 4 is 47.8 Å². The molecule has 1 unspecified atom stereocenters. The summed E-state index contributed by atoms with van der Waals surface area (Å²) in [6.07, 6.45) is 2.79. The average Bonchev–Trinajstić information content (AvgIpc) is 3.61. The van der Waals surface area contributed by atoms with E-state index in [1.807, 2.05) is 0 Å². The predicted octanol–water partition coefficient (Wildman–Crippen LogP) is 1.14. The second-order valence-electron chi connectivity index (χ2n) is 9.88. The maximum absolute atomic E-state index is 13.4. The third-order valence-electron chi connectivity index (χ3n) is 6.83. The number of phenolic OH excluding ortho intramolecular Hbond substituents is 1. The van der Waals surface area contributed by atoms with E-state index in [-0.39, 0.29) is 24.4 Å². The number of nitrogens with zero attached hydrogens (tertiary/aromatic N) is 4. The summed E-state index contributed by atoms with van der Waals surface area (Å²) in [6, 6.07) is 3.86. The van der Waals surface area contributed by atoms with E-state index in [1.165, 1.54) is 53.4 Å². The lowest BCUT2D eigenvalue weighted by molar-refractivity contribution is -0.161. The summed E-state index contributed by atoms with van der Waals surface area (Å²) in [7, 11) is 0. The zero-order valence-corrected chi connectivity index (χ0v) is 22.2. The Kier molecular flexibility index (Phi) is 6.91. The number of phenols is 1. The van der Waals surface area contributed by atoms with Gasteiger partial charge in [-0.25, -0.2) is 24.3 Å². The number of aliphatic carboxylic acids is 1. The van der Waals surface area contributed by atoms with Crippen LogP contribution in [0.25, 0.3) is 0 Å². The first-order valence-corrected chi connectivity index (χ1v) is 13.1. The molecule has 3 aliphatic heterocycles. The molecule has 3 fully saturated rings. The van der Waals surface area contributed by atoms with Crippen molar-refractivity contribution in [2.45, 2.75) is 42.1 Å². The Morgan fingerprint density at radius 1 is 1.18 bits per heavy atom. The highest BCUT2D eigenvalue weighted by Crippen LogP contribution is 2.50. The van der Waals surface area contributed by atoms with Gasteiger partial charge in [-0.2, -0.15) is 5.10 Å². The SMILES string of the molecule is CC1(C)S[C@@H]2[C@H](NC(=O)[C@H](NC(=O)N3CCN(/N=C\c4ccco4)C3=O)c3ccc(O)cc3)C(=O)N2C1C(=O)O. The lowest BCUT2D eigenvalue weighted by atomic mass is 9.95. The minimum absolute atomic E-state index is 0.00449. The highest BCUT2D eigenvalue weighted by atomic mass is 32.2. The highest BCUT2D eigenvalue weighted by Gasteiger charge is 2.64. The maximum Gasteiger partial charge on any atom is 0.348 e. The fourth-order valence-electron chi connectivity index (χ4n) is 4.86. The number of carboxylic acids is 1. The molecule has 4 heterocycles. The van der Waals surface area contributed by atoms with E-state index in [9.17, 15) is 34.2 Å². The van der Waals surface area contributed by atoms with Gasteiger partial charge in [-0.3, -0.25) is 9.59 Å². The van der Waals surface area contributed by atoms with E-state index < -0.39 is 58.1 Å². The topological polar surface area (TPSA) is 185 Å². The number of aromatic hydroxyl groups is 1. The van der Waals surface area contributed by atoms with E-state index >= 15 is 0 Å². The molecule has 0 spiro atoms. The quantitative estimate of drug-likeness (QED) is 0.280. The monoisotopic (exact) mass is 570 g/mol. The van der Waals surface area contributed by atoms with Gasteiger partial charge in [0.1, 0.15) is 35.0 Å². The van der Waals surface area contributed by atoms with Crippen molar-refractivity contribution in [1.82, 2.24) is 25.4 Å². The molecule has 15 heteroatoms. The molecular weight excluding hydrogens is 544 g/mol. The zero-order chi connectivity index (χ0) is 28.8. The Hall–Kier alpha value is -4.53. The molecule has 0 radical (unpaired) electrons. The van der Waals surface area contributed by atoms with Crippen LogP contribution >= 0.6 is 11.8 Å². The molecule has 4 N–H and O–H groups in total. The fraction of sp³-hybridized carbons (Fsp3) is 0.360. The second-order valence-corrected chi connectivity index (χ2v) is 11.6. The van der Waals surface area contributed by atoms with Gasteiger partial charge in [-0.15, -0.1) is 11.8 Å². The molecule has 210 valence electrons. The van der Waals surface area contributed by atoms with Crippen LogP contribution in [-0.2, 0) is 14.4 Å². The number of carbonyl (C=O) groups excluding carboxylic acids is 4. The maximum atomic E-state index is 13.4. The lowest BCUT2D eigenvalue weighted by Crippen LogP contribution is -2.71. The molecule has 5 rings (SSSR count). The van der Waals surface area contributed by atoms with E-state index in [4.69, 9.17) is 4.42 Å². The van der Waals surface area contributed by atoms with Crippen molar-refractivity contribution in [2.75, 3.05) is 13.1 Å². The predicted molar refractivity (Wildman–Crippen MR) is 140 cm³/mol. The number of rotatable bonds is 7. The number of β-lactam (4-membered cyclic amide) rings is 1. The number of urea groups is 2. The van der Waals surface area contributed by atoms with Crippen LogP contribution in [0.5, 0.6) is 5.75 Å². The molecular formula is C25H26N6O8S. The number of furan rings is 1. The number of imide groups is 1. The number of carbonyl (C=O) groups is 5. The van der Waals surface area contributed by atoms with Crippen LogP contribution in [-0.4, -0.2) is 96.4 Å². The van der Waals surface area contributed by atoms with Crippen LogP contribution in [0.1, 0.15) is 31.2 Å². The number of carboxylic acid groups (broad SMARTS) is 1. The first-order chi connectivity index (χ1) is 19.0. The van der Waals surface area contributed by atoms with Gasteiger partial charge >= 0.3 is 18.0 Å². The number of hydrogen-bond donors (Lipinski definition) is 4. The standard InChI is InChI=1S/C25H26N6O8S/c1-25(2)18(22(35)36)31-20(34)17(21(31)40-25)27-19(33)16(13-5-7-14(32)8-6-13)28-23(37)29-9-10-30(24(29)38)26-12-15-4-3-11-39-15/h3-8,11-12,16-18,21,32H,9-10H2,1-2H3,(H,27,33)(H,28,37)(H,35,36)/b26-12-/t16-,17-,18?,21-/m1/s1. The van der Waals surface area contributed by atoms with Crippen molar-refractivity contribution in [1.29, 1.82) is 0 Å². The number of benzene rings is 1. The fourth-order valence-corrected chi connectivity index (χ4v) is 6.49. The van der Waals surface area contributed by atoms with Gasteiger partial charge in [0.2, 0.25) is 11.8 Å². The number of thioether (sulfide) groups is 1. The number of amides is 6. The Morgan fingerprint density at radius 3 is 2.55 bits per heavy atom. The number of fused-ring (bicyclic) bond motifs is 1. The Morgan fingerprint density at radius 2 is 1.90 bits per heavy atom. The molecule has 4 atom stereocenters. The van der Waals surface area contributed by atoms with Crippen molar-refractivity contribution in [3.63, 3.8) is 0 Å². The van der Waals surface area contributed by atoms with E-state index in [0.717, 1.165) is 9.91 Å². The first-order valence-electron chi connectivity index (χ1n) is 12.3. The minimum Gasteiger partial charge on any atom is -0.508 e. The van der Waals surface area contributed by atoms with Crippen LogP contribution in [0, 0.1) is 0 Å². The molecule has 1 aromatic carbocycles. The summed E-state index contributed by atoms with van der Waals surface area (Å²) >= 11 is 1.27. The average molecular weight is 571 g/mol. The van der Waals surface area contributed by atoms with Crippen LogP contribution in [0.4, 0.5) is 9.59 Å². The molecule has 0 aliphatic carbocycles. The van der Waals surface area contributed by atoms with Crippen LogP contribution in [0.15, 0.2) is 52.2 Å². The van der Waals surface area contributed by atoms with Crippen LogP contribution < -0.4 is 10.6 Å². The largest absolute Gasteiger partial charge is 0.508 e. The molecule has 6 amide bonds. The molecule has 3 saturated heterocycles. The zero-order valence-electron chi connectivity index (χ0n) is 21.4. The van der Waals surface area contributed by atoms with Gasteiger partial charge in [-0.1, -0.05) is 12.1 Å². The summed E-state index contributed by atoms with van der Waals surface area (Å²) in [5.74, 6) is -2.07. The van der Waals surface area contributed by atoms with Gasteiger partial charge in [0, 0.05) is 4.75 Å². The van der Waals surface area contributed by atoms with Crippen molar-refractivity contribution in [3.8, 4) is 5.75 Å². The van der Waals surface area contributed by atoms with Crippen LogP contribution in [0.3, 0.4) is 0 Å². The lowest BCUT2D eigenvalue weighted by Gasteiger charge is -2.44. The minimum atomic E-state index is -1.34. The van der Waals surface area contributed by atoms with Gasteiger partial charge < -0.3 is 30.2 Å². The number of nitrogens with one attached hydrogen (secondary N) is 2. The van der Waals surface area contributed by atoms with Gasteiger partial charge in [-0.05, 0) is 43.7 Å². The summed E-state index contributed by atoms with van der Waals surface area (Å²) in [6.45, 7) is 3.56. The third kappa shape index (κ3) is 4.83. The summed E-state index contributed by atoms with van der Waals surface area (Å²) in [5, 5.41) is 29.0. The highest BCUT2D eigenvalue weighted by molar-refractivity contribution is 8.01. The van der Waals surface area contributed by atoms with Crippen LogP contribution in [0.2, 0.25) is 0 Å². The molecule has 3 aliphatic rings. The van der Waals surface area contributed by atoms with E-state index in [0.29, 0.717) is 5.76 Å². The Bertz CT molecular complexity index is 1380. The molecule has 0 saturated carbocycles. The smallest absolute Gasteiger partial charge is 0.348 e. The molecule has 0 bridgehead atoms. The van der Waals surface area contributed by atoms with Gasteiger partial charge in [0.05, 0.1) is 25.6 Å². The van der Waals surface area contributed by atoms with E-state index in [2.05, 4.69) is 15.7 Å². The summed E-state index contributed by atoms with van der Waals surface area (Å²) in [4.78, 5) is 66.2.